The highest BCUT2D eigenvalue weighted by molar-refractivity contribution is 5.95. The highest BCUT2D eigenvalue weighted by atomic mass is 16.6. The summed E-state index contributed by atoms with van der Waals surface area (Å²) in [4.78, 5) is 55.3. The molecule has 1 aromatic carbocycles. The van der Waals surface area contributed by atoms with Crippen molar-refractivity contribution in [3.8, 4) is 5.75 Å². The number of esters is 1. The number of hydrogen-bond acceptors (Lipinski definition) is 13. The molecule has 3 fully saturated rings. The second-order valence-electron chi connectivity index (χ2n) is 15.0. The standard InChI is InChI=1S/C35H54N4O12/c1-20-14-23(15-21(2)27(20)43)30(45)36-17-25(42)28(44)29-26(37-22(3)40)24(41)16-35(50-29,31(46)48-7)9-11-39-12-13-49-19-34(39)8-10-38(18-34)32(47)51-33(4,5)6/h14-15,24-26,28-29,41-44H,8-13,16-19H2,1-7H3,(H,36,45)(H,37,40)/t24-,25+,26+,28+,29+,34-,35+/m0/s1. The van der Waals surface area contributed by atoms with E-state index in [9.17, 15) is 39.6 Å². The molecule has 0 aliphatic carbocycles. The predicted octanol–water partition coefficient (Wildman–Crippen LogP) is 0.129. The third-order valence-corrected chi connectivity index (χ3v) is 9.87. The number of morpholine rings is 1. The lowest BCUT2D eigenvalue weighted by Crippen LogP contribution is -2.68. The van der Waals surface area contributed by atoms with Crippen molar-refractivity contribution in [1.82, 2.24) is 20.4 Å². The largest absolute Gasteiger partial charge is 0.507 e. The third kappa shape index (κ3) is 9.28. The normalized spacial score (nSPS) is 28.2. The predicted molar refractivity (Wildman–Crippen MR) is 182 cm³/mol. The molecule has 0 saturated carbocycles. The molecule has 4 rings (SSSR count). The number of carbonyl (C=O) groups excluding carboxylic acids is 4. The van der Waals surface area contributed by atoms with Crippen LogP contribution in [-0.4, -0.2) is 154 Å². The van der Waals surface area contributed by atoms with Gasteiger partial charge in [0.1, 0.15) is 23.6 Å². The fourth-order valence-corrected chi connectivity index (χ4v) is 7.21. The lowest BCUT2D eigenvalue weighted by atomic mass is 9.81. The summed E-state index contributed by atoms with van der Waals surface area (Å²) in [7, 11) is 1.17. The van der Waals surface area contributed by atoms with Gasteiger partial charge in [0.15, 0.2) is 5.60 Å². The Morgan fingerprint density at radius 3 is 2.39 bits per heavy atom. The van der Waals surface area contributed by atoms with E-state index in [1.807, 2.05) is 0 Å². The first-order valence-electron chi connectivity index (χ1n) is 17.3. The number of aromatic hydroxyl groups is 1. The molecular weight excluding hydrogens is 668 g/mol. The van der Waals surface area contributed by atoms with Crippen LogP contribution in [0.5, 0.6) is 5.75 Å². The number of carbonyl (C=O) groups is 4. The fraction of sp³-hybridized carbons (Fsp3) is 0.714. The van der Waals surface area contributed by atoms with Crippen LogP contribution in [0.25, 0.3) is 0 Å². The Labute approximate surface area is 298 Å². The monoisotopic (exact) mass is 722 g/mol. The second kappa shape index (κ2) is 16.0. The van der Waals surface area contributed by atoms with Gasteiger partial charge >= 0.3 is 12.1 Å². The molecule has 0 aromatic heterocycles. The molecule has 16 heteroatoms. The average Bonchev–Trinajstić information content (AvgIpc) is 3.49. The van der Waals surface area contributed by atoms with E-state index < -0.39 is 77.6 Å². The van der Waals surface area contributed by atoms with Gasteiger partial charge in [-0.05, 0) is 64.3 Å². The summed E-state index contributed by atoms with van der Waals surface area (Å²) >= 11 is 0. The zero-order valence-electron chi connectivity index (χ0n) is 30.6. The van der Waals surface area contributed by atoms with E-state index in [1.54, 1.807) is 39.5 Å². The summed E-state index contributed by atoms with van der Waals surface area (Å²) in [5.41, 5.74) is -1.84. The van der Waals surface area contributed by atoms with Crippen molar-refractivity contribution < 1.29 is 58.6 Å². The minimum atomic E-state index is -1.80. The number of rotatable bonds is 10. The Balaban J connectivity index is 1.53. The maximum atomic E-state index is 13.5. The number of methoxy groups -OCH3 is 1. The number of aliphatic hydroxyl groups is 3. The van der Waals surface area contributed by atoms with Gasteiger partial charge < -0.3 is 54.9 Å². The number of aliphatic hydroxyl groups excluding tert-OH is 3. The van der Waals surface area contributed by atoms with E-state index in [2.05, 4.69) is 15.5 Å². The highest BCUT2D eigenvalue weighted by Crippen LogP contribution is 2.38. The maximum Gasteiger partial charge on any atom is 0.410 e. The van der Waals surface area contributed by atoms with E-state index in [0.29, 0.717) is 50.4 Å². The topological polar surface area (TPSA) is 217 Å². The van der Waals surface area contributed by atoms with Gasteiger partial charge in [-0.25, -0.2) is 9.59 Å². The molecule has 3 aliphatic heterocycles. The number of nitrogens with zero attached hydrogens (tertiary/aromatic N) is 2. The third-order valence-electron chi connectivity index (χ3n) is 9.87. The molecule has 3 saturated heterocycles. The first-order valence-corrected chi connectivity index (χ1v) is 17.3. The van der Waals surface area contributed by atoms with Crippen molar-refractivity contribution in [1.29, 1.82) is 0 Å². The molecular formula is C35H54N4O12. The molecule has 0 unspecified atom stereocenters. The second-order valence-corrected chi connectivity index (χ2v) is 15.0. The van der Waals surface area contributed by atoms with Gasteiger partial charge in [-0.2, -0.15) is 0 Å². The van der Waals surface area contributed by atoms with Gasteiger partial charge in [0.05, 0.1) is 44.1 Å². The fourth-order valence-electron chi connectivity index (χ4n) is 7.21. The Kier molecular flexibility index (Phi) is 12.6. The molecule has 3 aliphatic rings. The van der Waals surface area contributed by atoms with Gasteiger partial charge in [-0.15, -0.1) is 0 Å². The first kappa shape index (κ1) is 40.2. The van der Waals surface area contributed by atoms with Gasteiger partial charge in [0.25, 0.3) is 5.91 Å². The van der Waals surface area contributed by atoms with E-state index in [1.165, 1.54) is 26.2 Å². The van der Waals surface area contributed by atoms with Gasteiger partial charge in [-0.3, -0.25) is 14.5 Å². The zero-order chi connectivity index (χ0) is 37.9. The summed E-state index contributed by atoms with van der Waals surface area (Å²) < 4.78 is 22.9. The SMILES string of the molecule is COC(=O)[C@@]1(CCN2CCOC[C@@]23CCN(C(=O)OC(C)(C)C)C3)C[C@H](O)[C@@H](NC(C)=O)[C@H]([C@H](O)[C@H](O)CNC(=O)c2cc(C)c(O)c(C)c2)O1. The minimum absolute atomic E-state index is 0.00663. The molecule has 0 radical (unpaired) electrons. The molecule has 1 aromatic rings. The first-order chi connectivity index (χ1) is 23.8. The Bertz CT molecular complexity index is 1430. The summed E-state index contributed by atoms with van der Waals surface area (Å²) in [6.45, 7) is 11.7. The molecule has 6 N–H and O–H groups in total. The molecule has 1 spiro atoms. The van der Waals surface area contributed by atoms with Crippen molar-refractivity contribution in [3.63, 3.8) is 0 Å². The number of phenols is 1. The zero-order valence-corrected chi connectivity index (χ0v) is 30.6. The molecule has 3 amide bonds. The Morgan fingerprint density at radius 2 is 1.78 bits per heavy atom. The van der Waals surface area contributed by atoms with Gasteiger partial charge in [0, 0.05) is 58.1 Å². The van der Waals surface area contributed by atoms with Crippen molar-refractivity contribution in [2.45, 2.75) is 108 Å². The lowest BCUT2D eigenvalue weighted by Gasteiger charge is -2.49. The number of aryl methyl sites for hydroxylation is 2. The van der Waals surface area contributed by atoms with Crippen LogP contribution in [0.3, 0.4) is 0 Å². The number of nitrogens with one attached hydrogen (secondary N) is 2. The van der Waals surface area contributed by atoms with Crippen molar-refractivity contribution in [2.24, 2.45) is 0 Å². The highest BCUT2D eigenvalue weighted by Gasteiger charge is 2.56. The van der Waals surface area contributed by atoms with Crippen LogP contribution in [0.15, 0.2) is 12.1 Å². The number of hydrogen-bond donors (Lipinski definition) is 6. The lowest BCUT2D eigenvalue weighted by molar-refractivity contribution is -0.232. The van der Waals surface area contributed by atoms with E-state index in [-0.39, 0.29) is 30.7 Å². The van der Waals surface area contributed by atoms with Crippen LogP contribution in [0.2, 0.25) is 0 Å². The summed E-state index contributed by atoms with van der Waals surface area (Å²) in [5, 5.41) is 49.1. The van der Waals surface area contributed by atoms with Crippen molar-refractivity contribution in [2.75, 3.05) is 53.0 Å². The van der Waals surface area contributed by atoms with Crippen LogP contribution >= 0.6 is 0 Å². The van der Waals surface area contributed by atoms with E-state index in [0.717, 1.165) is 0 Å². The van der Waals surface area contributed by atoms with Crippen molar-refractivity contribution in [3.05, 3.63) is 28.8 Å². The van der Waals surface area contributed by atoms with Crippen LogP contribution in [0.1, 0.15) is 68.4 Å². The van der Waals surface area contributed by atoms with Crippen LogP contribution in [-0.2, 0) is 28.5 Å². The summed E-state index contributed by atoms with van der Waals surface area (Å²) in [5.74, 6) is -1.87. The summed E-state index contributed by atoms with van der Waals surface area (Å²) in [6.07, 6.45) is -6.50. The molecule has 286 valence electrons. The van der Waals surface area contributed by atoms with E-state index in [4.69, 9.17) is 18.9 Å². The number of likely N-dealkylation sites (tertiary alicyclic amines) is 1. The molecule has 7 atom stereocenters. The molecule has 51 heavy (non-hydrogen) atoms. The Hall–Kier alpha value is -3.54. The van der Waals surface area contributed by atoms with Crippen LogP contribution in [0.4, 0.5) is 4.79 Å². The number of benzene rings is 1. The Morgan fingerprint density at radius 1 is 1.12 bits per heavy atom. The van der Waals surface area contributed by atoms with Gasteiger partial charge in [0.2, 0.25) is 5.91 Å². The quantitative estimate of drug-likeness (QED) is 0.177. The van der Waals surface area contributed by atoms with Gasteiger partial charge in [-0.1, -0.05) is 0 Å². The maximum absolute atomic E-state index is 13.5. The molecule has 16 nitrogen and oxygen atoms in total. The number of phenolic OH excluding ortho intramolecular Hbond substituents is 1. The number of ether oxygens (including phenoxy) is 4. The van der Waals surface area contributed by atoms with Crippen molar-refractivity contribution >= 4 is 23.9 Å². The van der Waals surface area contributed by atoms with Crippen LogP contribution < -0.4 is 10.6 Å². The van der Waals surface area contributed by atoms with Crippen LogP contribution in [0, 0.1) is 13.8 Å². The molecule has 3 heterocycles. The minimum Gasteiger partial charge on any atom is -0.507 e. The number of amides is 3. The van der Waals surface area contributed by atoms with E-state index >= 15 is 0 Å². The average molecular weight is 723 g/mol. The summed E-state index contributed by atoms with van der Waals surface area (Å²) in [6, 6.07) is 1.74. The molecule has 0 bridgehead atoms. The smallest absolute Gasteiger partial charge is 0.410 e.